The van der Waals surface area contributed by atoms with Gasteiger partial charge in [0.05, 0.1) is 47.2 Å². The molecule has 5 rings (SSSR count). The Bertz CT molecular complexity index is 1870. The zero-order valence-electron chi connectivity index (χ0n) is 22.8. The van der Waals surface area contributed by atoms with Gasteiger partial charge in [-0.1, -0.05) is 18.2 Å². The van der Waals surface area contributed by atoms with Crippen molar-refractivity contribution in [3.63, 3.8) is 0 Å². The van der Waals surface area contributed by atoms with Crippen LogP contribution in [0.2, 0.25) is 0 Å². The predicted octanol–water partition coefficient (Wildman–Crippen LogP) is 3.98. The van der Waals surface area contributed by atoms with Crippen molar-refractivity contribution in [1.82, 2.24) is 4.57 Å². The number of rotatable bonds is 8. The zero-order chi connectivity index (χ0) is 29.3. The first-order valence-corrected chi connectivity index (χ1v) is 13.6. The summed E-state index contributed by atoms with van der Waals surface area (Å²) in [6.07, 6.45) is 3.40. The van der Waals surface area contributed by atoms with Crippen molar-refractivity contribution >= 4 is 35.4 Å². The van der Waals surface area contributed by atoms with Crippen molar-refractivity contribution in [2.75, 3.05) is 20.8 Å². The normalized spacial score (nSPS) is 14.8. The Morgan fingerprint density at radius 1 is 1.10 bits per heavy atom. The van der Waals surface area contributed by atoms with E-state index in [1.807, 2.05) is 6.92 Å². The van der Waals surface area contributed by atoms with E-state index in [0.717, 1.165) is 0 Å². The van der Waals surface area contributed by atoms with Gasteiger partial charge in [-0.3, -0.25) is 9.36 Å². The second-order valence-electron chi connectivity index (χ2n) is 9.15. The summed E-state index contributed by atoms with van der Waals surface area (Å²) in [4.78, 5) is 38.8. The molecule has 10 heteroatoms. The van der Waals surface area contributed by atoms with Crippen molar-refractivity contribution in [2.24, 2.45) is 0 Å². The van der Waals surface area contributed by atoms with Crippen LogP contribution in [0.25, 0.3) is 23.5 Å². The lowest BCUT2D eigenvalue weighted by Crippen LogP contribution is -2.39. The van der Waals surface area contributed by atoms with E-state index >= 15 is 0 Å². The van der Waals surface area contributed by atoms with E-state index < -0.39 is 18.0 Å². The minimum absolute atomic E-state index is 0.110. The van der Waals surface area contributed by atoms with Crippen molar-refractivity contribution < 1.29 is 33.3 Å². The van der Waals surface area contributed by atoms with E-state index in [1.54, 1.807) is 79.3 Å². The highest BCUT2D eigenvalue weighted by Gasteiger charge is 2.34. The van der Waals surface area contributed by atoms with E-state index in [1.165, 1.54) is 24.5 Å². The molecule has 0 fully saturated rings. The highest BCUT2D eigenvalue weighted by Crippen LogP contribution is 2.37. The molecular weight excluding hydrogens is 546 g/mol. The number of thiazole rings is 1. The monoisotopic (exact) mass is 573 g/mol. The van der Waals surface area contributed by atoms with Gasteiger partial charge in [0.25, 0.3) is 5.56 Å². The molecule has 210 valence electrons. The molecule has 4 aromatic rings. The van der Waals surface area contributed by atoms with Crippen LogP contribution < -0.4 is 24.2 Å². The van der Waals surface area contributed by atoms with Crippen LogP contribution in [0.3, 0.4) is 0 Å². The minimum Gasteiger partial charge on any atom is -0.497 e. The van der Waals surface area contributed by atoms with Gasteiger partial charge < -0.3 is 23.7 Å². The number of carbonyl (C=O) groups is 2. The number of carbonyl (C=O) groups excluding carboxylic acids is 1. The number of esters is 1. The molecule has 3 heterocycles. The van der Waals surface area contributed by atoms with Gasteiger partial charge in [0, 0.05) is 23.3 Å². The molecule has 1 aliphatic heterocycles. The van der Waals surface area contributed by atoms with Crippen molar-refractivity contribution in [1.29, 1.82) is 0 Å². The van der Waals surface area contributed by atoms with Crippen LogP contribution in [-0.4, -0.2) is 42.4 Å². The van der Waals surface area contributed by atoms with E-state index in [0.29, 0.717) is 54.5 Å². The summed E-state index contributed by atoms with van der Waals surface area (Å²) in [6.45, 7) is 3.72. The lowest BCUT2D eigenvalue weighted by molar-refractivity contribution is -0.139. The average Bonchev–Trinajstić information content (AvgIpc) is 3.56. The zero-order valence-corrected chi connectivity index (χ0v) is 23.6. The minimum atomic E-state index is -1.07. The fourth-order valence-electron chi connectivity index (χ4n) is 4.88. The molecule has 0 aliphatic carbocycles. The molecule has 0 saturated heterocycles. The summed E-state index contributed by atoms with van der Waals surface area (Å²) in [7, 11) is 3.06. The number of ether oxygens (including phenoxy) is 3. The van der Waals surface area contributed by atoms with E-state index in [4.69, 9.17) is 18.6 Å². The second-order valence-corrected chi connectivity index (χ2v) is 10.2. The molecule has 1 N–H and O–H groups in total. The first-order valence-electron chi connectivity index (χ1n) is 12.7. The maximum atomic E-state index is 13.9. The van der Waals surface area contributed by atoms with Crippen molar-refractivity contribution in [2.45, 2.75) is 19.9 Å². The third kappa shape index (κ3) is 5.09. The Balaban J connectivity index is 1.67. The number of aromatic nitrogens is 1. The molecule has 0 saturated carbocycles. The second kappa shape index (κ2) is 11.3. The standard InChI is InChI=1S/C31H27NO8S/c1-5-39-31(36)27-17(2)14-26-32(28(27)22-12-10-18(37-3)15-24(22)38-4)29(33)25(41-26)16-19-11-13-23(40-19)20-8-6-7-9-21(20)30(34)35/h6-16,28H,5H2,1-4H3,(H,34,35)/b25-16-. The van der Waals surface area contributed by atoms with Crippen LogP contribution in [0, 0.1) is 0 Å². The van der Waals surface area contributed by atoms with Crippen molar-refractivity contribution in [3.05, 3.63) is 102 Å². The van der Waals surface area contributed by atoms with E-state index in [9.17, 15) is 19.5 Å². The Kier molecular flexibility index (Phi) is 7.67. The number of hydrogen-bond acceptors (Lipinski definition) is 8. The van der Waals surface area contributed by atoms with Gasteiger partial charge in [-0.15, -0.1) is 11.3 Å². The summed E-state index contributed by atoms with van der Waals surface area (Å²) >= 11 is 1.25. The number of aromatic carboxylic acids is 1. The molecule has 9 nitrogen and oxygen atoms in total. The van der Waals surface area contributed by atoms with E-state index in [-0.39, 0.29) is 17.7 Å². The number of allylic oxidation sites excluding steroid dienone is 1. The number of fused-ring (bicyclic) bond motifs is 1. The van der Waals surface area contributed by atoms with Gasteiger partial charge in [0.15, 0.2) is 0 Å². The highest BCUT2D eigenvalue weighted by atomic mass is 32.1. The molecule has 0 spiro atoms. The number of carboxylic acid groups (broad SMARTS) is 1. The quantitative estimate of drug-likeness (QED) is 0.315. The topological polar surface area (TPSA) is 117 Å². The first-order chi connectivity index (χ1) is 19.8. The first kappa shape index (κ1) is 27.7. The van der Waals surface area contributed by atoms with Gasteiger partial charge in [0.2, 0.25) is 0 Å². The Morgan fingerprint density at radius 3 is 2.59 bits per heavy atom. The fraction of sp³-hybridized carbons (Fsp3) is 0.194. The van der Waals surface area contributed by atoms with Crippen LogP contribution in [0.5, 0.6) is 11.5 Å². The van der Waals surface area contributed by atoms with Crippen LogP contribution in [-0.2, 0) is 9.53 Å². The third-order valence-electron chi connectivity index (χ3n) is 6.73. The van der Waals surface area contributed by atoms with Gasteiger partial charge >= 0.3 is 11.9 Å². The molecule has 1 unspecified atom stereocenters. The molecule has 0 radical (unpaired) electrons. The number of hydrogen-bond donors (Lipinski definition) is 1. The van der Waals surface area contributed by atoms with Crippen molar-refractivity contribution in [3.8, 4) is 22.8 Å². The van der Waals surface area contributed by atoms with Gasteiger partial charge in [-0.2, -0.15) is 0 Å². The molecular formula is C31H27NO8S. The number of carboxylic acids is 1. The SMILES string of the molecule is CCOC(=O)C1=C(C)C=c2s/c(=C\c3ccc(-c4ccccc4C(=O)O)o3)c(=O)n2C1c1ccc(OC)cc1OC. The number of methoxy groups -OCH3 is 2. The lowest BCUT2D eigenvalue weighted by Gasteiger charge is -2.27. The van der Waals surface area contributed by atoms with Gasteiger partial charge in [-0.25, -0.2) is 9.59 Å². The molecule has 0 bridgehead atoms. The Morgan fingerprint density at radius 2 is 1.88 bits per heavy atom. The summed E-state index contributed by atoms with van der Waals surface area (Å²) in [5.74, 6) is 0.175. The number of nitrogens with zero attached hydrogens (tertiary/aromatic N) is 1. The summed E-state index contributed by atoms with van der Waals surface area (Å²) in [6, 6.07) is 14.3. The van der Waals surface area contributed by atoms with Gasteiger partial charge in [-0.05, 0) is 55.8 Å². The molecule has 2 aromatic heterocycles. The van der Waals surface area contributed by atoms with Crippen LogP contribution >= 0.6 is 11.3 Å². The summed E-state index contributed by atoms with van der Waals surface area (Å²) in [5.41, 5.74) is 1.81. The van der Waals surface area contributed by atoms with Crippen LogP contribution in [0.4, 0.5) is 0 Å². The fourth-order valence-corrected chi connectivity index (χ4v) is 5.98. The maximum absolute atomic E-state index is 13.9. The van der Waals surface area contributed by atoms with E-state index in [2.05, 4.69) is 0 Å². The molecule has 1 aliphatic rings. The van der Waals surface area contributed by atoms with Crippen LogP contribution in [0.15, 0.2) is 75.0 Å². The third-order valence-corrected chi connectivity index (χ3v) is 7.77. The summed E-state index contributed by atoms with van der Waals surface area (Å²) in [5, 5.41) is 9.55. The van der Waals surface area contributed by atoms with Gasteiger partial charge in [0.1, 0.15) is 23.0 Å². The molecule has 41 heavy (non-hydrogen) atoms. The molecule has 0 amide bonds. The van der Waals surface area contributed by atoms with Crippen LogP contribution in [0.1, 0.15) is 41.6 Å². The average molecular weight is 574 g/mol. The lowest BCUT2D eigenvalue weighted by atomic mass is 9.92. The smallest absolute Gasteiger partial charge is 0.336 e. The maximum Gasteiger partial charge on any atom is 0.336 e. The Labute approximate surface area is 238 Å². The highest BCUT2D eigenvalue weighted by molar-refractivity contribution is 7.07. The Hall–Kier alpha value is -4.83. The molecule has 2 aromatic carbocycles. The largest absolute Gasteiger partial charge is 0.497 e. The number of furan rings is 1. The molecule has 1 atom stereocenters. The predicted molar refractivity (Wildman–Crippen MR) is 154 cm³/mol. The summed E-state index contributed by atoms with van der Waals surface area (Å²) < 4.78 is 24.9. The number of benzene rings is 2.